The lowest BCUT2D eigenvalue weighted by molar-refractivity contribution is -0.136. The monoisotopic (exact) mass is 289 g/mol. The van der Waals surface area contributed by atoms with Gasteiger partial charge in [-0.15, -0.1) is 0 Å². The van der Waals surface area contributed by atoms with E-state index in [1.54, 1.807) is 23.1 Å². The molecule has 0 fully saturated rings. The van der Waals surface area contributed by atoms with Gasteiger partial charge in [-0.25, -0.2) is 9.67 Å². The van der Waals surface area contributed by atoms with Crippen molar-refractivity contribution in [3.8, 4) is 0 Å². The van der Waals surface area contributed by atoms with Crippen LogP contribution in [0.2, 0.25) is 0 Å². The molecule has 1 aromatic carbocycles. The molecule has 2 rings (SSSR count). The van der Waals surface area contributed by atoms with Gasteiger partial charge in [-0.1, -0.05) is 12.1 Å². The fraction of sp³-hybridized carbons (Fsp3) is 0.231. The highest BCUT2D eigenvalue weighted by Crippen LogP contribution is 2.10. The minimum Gasteiger partial charge on any atom is -0.395 e. The van der Waals surface area contributed by atoms with E-state index in [-0.39, 0.29) is 13.2 Å². The Labute approximate surface area is 120 Å². The average Bonchev–Trinajstić information content (AvgIpc) is 2.99. The Bertz CT molecular complexity index is 595. The van der Waals surface area contributed by atoms with Crippen LogP contribution in [0.4, 0.5) is 5.69 Å². The number of anilines is 1. The number of amides is 2. The van der Waals surface area contributed by atoms with Crippen LogP contribution in [-0.2, 0) is 16.1 Å². The number of rotatable bonds is 5. The molecular weight excluding hydrogens is 274 g/mol. The Morgan fingerprint density at radius 3 is 2.57 bits per heavy atom. The SMILES string of the molecule is O=C(NCCO)C(=O)Nc1ccc(Cn2cncn2)cc1. The smallest absolute Gasteiger partial charge is 0.313 e. The summed E-state index contributed by atoms with van der Waals surface area (Å²) >= 11 is 0. The van der Waals surface area contributed by atoms with E-state index in [0.717, 1.165) is 5.56 Å². The molecule has 0 radical (unpaired) electrons. The fourth-order valence-corrected chi connectivity index (χ4v) is 1.63. The molecule has 0 aliphatic heterocycles. The Morgan fingerprint density at radius 1 is 1.19 bits per heavy atom. The largest absolute Gasteiger partial charge is 0.395 e. The lowest BCUT2D eigenvalue weighted by Crippen LogP contribution is -2.36. The van der Waals surface area contributed by atoms with Gasteiger partial charge in [0.25, 0.3) is 0 Å². The number of carbonyl (C=O) groups excluding carboxylic acids is 2. The maximum absolute atomic E-state index is 11.5. The third-order valence-corrected chi connectivity index (χ3v) is 2.63. The van der Waals surface area contributed by atoms with Crippen molar-refractivity contribution in [1.82, 2.24) is 20.1 Å². The topological polar surface area (TPSA) is 109 Å². The molecule has 0 saturated heterocycles. The number of hydrogen-bond donors (Lipinski definition) is 3. The molecule has 8 heteroatoms. The van der Waals surface area contributed by atoms with Crippen LogP contribution < -0.4 is 10.6 Å². The number of nitrogens with zero attached hydrogens (tertiary/aromatic N) is 3. The predicted octanol–water partition coefficient (Wildman–Crippen LogP) is -0.627. The Balaban J connectivity index is 1.90. The quantitative estimate of drug-likeness (QED) is 0.635. The zero-order valence-electron chi connectivity index (χ0n) is 11.2. The van der Waals surface area contributed by atoms with Gasteiger partial charge in [0.15, 0.2) is 0 Å². The summed E-state index contributed by atoms with van der Waals surface area (Å²) in [5.41, 5.74) is 1.50. The average molecular weight is 289 g/mol. The number of carbonyl (C=O) groups is 2. The van der Waals surface area contributed by atoms with Crippen molar-refractivity contribution in [3.63, 3.8) is 0 Å². The molecule has 110 valence electrons. The summed E-state index contributed by atoms with van der Waals surface area (Å²) < 4.78 is 1.68. The van der Waals surface area contributed by atoms with Crippen molar-refractivity contribution in [2.24, 2.45) is 0 Å². The number of nitrogens with one attached hydrogen (secondary N) is 2. The van der Waals surface area contributed by atoms with Crippen LogP contribution in [0, 0.1) is 0 Å². The third kappa shape index (κ3) is 4.39. The minimum atomic E-state index is -0.782. The summed E-state index contributed by atoms with van der Waals surface area (Å²) in [5, 5.41) is 17.3. The molecule has 1 aromatic heterocycles. The number of benzene rings is 1. The second-order valence-electron chi connectivity index (χ2n) is 4.22. The van der Waals surface area contributed by atoms with Gasteiger partial charge < -0.3 is 15.7 Å². The van der Waals surface area contributed by atoms with E-state index in [9.17, 15) is 9.59 Å². The first-order chi connectivity index (χ1) is 10.2. The highest BCUT2D eigenvalue weighted by molar-refractivity contribution is 6.39. The van der Waals surface area contributed by atoms with E-state index < -0.39 is 11.8 Å². The highest BCUT2D eigenvalue weighted by Gasteiger charge is 2.12. The van der Waals surface area contributed by atoms with Gasteiger partial charge in [-0.2, -0.15) is 5.10 Å². The van der Waals surface area contributed by atoms with Gasteiger partial charge in [0.05, 0.1) is 13.2 Å². The Kier molecular flexibility index (Phi) is 4.99. The van der Waals surface area contributed by atoms with E-state index in [4.69, 9.17) is 5.11 Å². The second-order valence-corrected chi connectivity index (χ2v) is 4.22. The van der Waals surface area contributed by atoms with E-state index in [1.807, 2.05) is 12.1 Å². The summed E-state index contributed by atoms with van der Waals surface area (Å²) in [4.78, 5) is 26.7. The van der Waals surface area contributed by atoms with Crippen molar-refractivity contribution in [1.29, 1.82) is 0 Å². The van der Waals surface area contributed by atoms with E-state index in [0.29, 0.717) is 12.2 Å². The summed E-state index contributed by atoms with van der Waals surface area (Å²) in [5.74, 6) is -1.55. The van der Waals surface area contributed by atoms with Gasteiger partial charge in [-0.3, -0.25) is 9.59 Å². The van der Waals surface area contributed by atoms with Gasteiger partial charge in [0.1, 0.15) is 12.7 Å². The lowest BCUT2D eigenvalue weighted by Gasteiger charge is -2.07. The van der Waals surface area contributed by atoms with Crippen LogP contribution >= 0.6 is 0 Å². The Hall–Kier alpha value is -2.74. The number of aromatic nitrogens is 3. The maximum Gasteiger partial charge on any atom is 0.313 e. The van der Waals surface area contributed by atoms with Crippen LogP contribution in [0.15, 0.2) is 36.9 Å². The molecule has 0 aliphatic rings. The van der Waals surface area contributed by atoms with Crippen LogP contribution in [0.1, 0.15) is 5.56 Å². The van der Waals surface area contributed by atoms with Crippen molar-refractivity contribution in [3.05, 3.63) is 42.5 Å². The molecule has 2 amide bonds. The van der Waals surface area contributed by atoms with Gasteiger partial charge in [0.2, 0.25) is 0 Å². The van der Waals surface area contributed by atoms with Gasteiger partial charge in [0, 0.05) is 12.2 Å². The first-order valence-corrected chi connectivity index (χ1v) is 6.30. The molecule has 2 aromatic rings. The molecular formula is C13H15N5O3. The number of aliphatic hydroxyl groups excluding tert-OH is 1. The molecule has 1 heterocycles. The Morgan fingerprint density at radius 2 is 1.95 bits per heavy atom. The molecule has 0 atom stereocenters. The first kappa shape index (κ1) is 14.7. The normalized spacial score (nSPS) is 10.1. The van der Waals surface area contributed by atoms with Crippen LogP contribution in [0.5, 0.6) is 0 Å². The van der Waals surface area contributed by atoms with E-state index in [1.165, 1.54) is 6.33 Å². The van der Waals surface area contributed by atoms with E-state index >= 15 is 0 Å². The lowest BCUT2D eigenvalue weighted by atomic mass is 10.2. The summed E-state index contributed by atoms with van der Waals surface area (Å²) in [6.45, 7) is 0.407. The molecule has 0 unspecified atom stereocenters. The highest BCUT2D eigenvalue weighted by atomic mass is 16.3. The zero-order valence-corrected chi connectivity index (χ0v) is 11.2. The van der Waals surface area contributed by atoms with Crippen molar-refractivity contribution in [2.75, 3.05) is 18.5 Å². The van der Waals surface area contributed by atoms with E-state index in [2.05, 4.69) is 20.7 Å². The fourth-order valence-electron chi connectivity index (χ4n) is 1.63. The molecule has 0 saturated carbocycles. The molecule has 3 N–H and O–H groups in total. The number of aliphatic hydroxyl groups is 1. The minimum absolute atomic E-state index is 0.0447. The van der Waals surface area contributed by atoms with Crippen molar-refractivity contribution < 1.29 is 14.7 Å². The summed E-state index contributed by atoms with van der Waals surface area (Å²) in [6.07, 6.45) is 3.07. The van der Waals surface area contributed by atoms with Gasteiger partial charge in [-0.05, 0) is 17.7 Å². The van der Waals surface area contributed by atoms with Crippen molar-refractivity contribution in [2.45, 2.75) is 6.54 Å². The molecule has 0 aliphatic carbocycles. The third-order valence-electron chi connectivity index (χ3n) is 2.63. The summed E-state index contributed by atoms with van der Waals surface area (Å²) in [7, 11) is 0. The molecule has 0 spiro atoms. The first-order valence-electron chi connectivity index (χ1n) is 6.30. The van der Waals surface area contributed by atoms with Crippen LogP contribution in [0.25, 0.3) is 0 Å². The standard InChI is InChI=1S/C13H15N5O3/c19-6-5-15-12(20)13(21)17-11-3-1-10(2-4-11)7-18-9-14-8-16-18/h1-4,8-9,19H,5-7H2,(H,15,20)(H,17,21). The maximum atomic E-state index is 11.5. The van der Waals surface area contributed by atoms with Crippen LogP contribution in [0.3, 0.4) is 0 Å². The molecule has 0 bridgehead atoms. The number of hydrogen-bond acceptors (Lipinski definition) is 5. The molecule has 8 nitrogen and oxygen atoms in total. The van der Waals surface area contributed by atoms with Gasteiger partial charge >= 0.3 is 11.8 Å². The second kappa shape index (κ2) is 7.15. The zero-order chi connectivity index (χ0) is 15.1. The van der Waals surface area contributed by atoms with Crippen LogP contribution in [-0.4, -0.2) is 44.8 Å². The molecule has 21 heavy (non-hydrogen) atoms. The predicted molar refractivity (Wildman–Crippen MR) is 74.3 cm³/mol. The summed E-state index contributed by atoms with van der Waals surface area (Å²) in [6, 6.07) is 7.04. The van der Waals surface area contributed by atoms with Crippen molar-refractivity contribution >= 4 is 17.5 Å².